The van der Waals surface area contributed by atoms with Crippen molar-refractivity contribution in [2.75, 3.05) is 0 Å². The van der Waals surface area contributed by atoms with Gasteiger partial charge in [-0.25, -0.2) is 9.36 Å². The molecule has 0 saturated carbocycles. The highest BCUT2D eigenvalue weighted by atomic mass is 16.1. The topological polar surface area (TPSA) is 52.7 Å². The summed E-state index contributed by atoms with van der Waals surface area (Å²) in [6.45, 7) is 6.49. The van der Waals surface area contributed by atoms with E-state index in [0.29, 0.717) is 17.4 Å². The van der Waals surface area contributed by atoms with E-state index in [9.17, 15) is 4.79 Å². The van der Waals surface area contributed by atoms with Crippen LogP contribution < -0.4 is 5.56 Å². The molecule has 0 atom stereocenters. The molecule has 0 unspecified atom stereocenters. The zero-order valence-electron chi connectivity index (χ0n) is 12.5. The van der Waals surface area contributed by atoms with Crippen LogP contribution in [-0.2, 0) is 6.54 Å². The molecule has 0 N–H and O–H groups in total. The second-order valence-corrected chi connectivity index (χ2v) is 5.17. The van der Waals surface area contributed by atoms with Crippen molar-refractivity contribution < 1.29 is 0 Å². The molecule has 3 rings (SSSR count). The lowest BCUT2D eigenvalue weighted by molar-refractivity contribution is 0.567. The molecule has 0 bridgehead atoms. The van der Waals surface area contributed by atoms with Gasteiger partial charge in [0.2, 0.25) is 0 Å². The third-order valence-electron chi connectivity index (χ3n) is 3.61. The van der Waals surface area contributed by atoms with E-state index < -0.39 is 0 Å². The van der Waals surface area contributed by atoms with Gasteiger partial charge in [0.05, 0.1) is 22.5 Å². The fourth-order valence-electron chi connectivity index (χ4n) is 2.60. The molecule has 0 saturated heterocycles. The summed E-state index contributed by atoms with van der Waals surface area (Å²) in [5.74, 6) is 0. The standard InChI is InChI=1S/C16H18N4O/c1-4-10-19-16(21)14-12(3)20(13-8-6-5-7-9-13)18-15(14)11(2)17-19/h5-9H,4,10H2,1-3H3. The maximum atomic E-state index is 12.6. The van der Waals surface area contributed by atoms with Crippen LogP contribution in [0.4, 0.5) is 0 Å². The molecule has 5 nitrogen and oxygen atoms in total. The van der Waals surface area contributed by atoms with E-state index in [1.54, 1.807) is 4.68 Å². The minimum atomic E-state index is -0.0582. The molecule has 21 heavy (non-hydrogen) atoms. The van der Waals surface area contributed by atoms with E-state index >= 15 is 0 Å². The number of hydrogen-bond acceptors (Lipinski definition) is 3. The Morgan fingerprint density at radius 2 is 1.81 bits per heavy atom. The van der Waals surface area contributed by atoms with Gasteiger partial charge < -0.3 is 0 Å². The highest BCUT2D eigenvalue weighted by molar-refractivity contribution is 5.82. The zero-order chi connectivity index (χ0) is 15.0. The molecular weight excluding hydrogens is 264 g/mol. The van der Waals surface area contributed by atoms with E-state index in [4.69, 9.17) is 0 Å². The van der Waals surface area contributed by atoms with Crippen molar-refractivity contribution in [3.05, 3.63) is 52.1 Å². The second kappa shape index (κ2) is 5.16. The van der Waals surface area contributed by atoms with Crippen molar-refractivity contribution in [1.82, 2.24) is 19.6 Å². The van der Waals surface area contributed by atoms with Crippen LogP contribution in [0.15, 0.2) is 35.1 Å². The first kappa shape index (κ1) is 13.5. The zero-order valence-corrected chi connectivity index (χ0v) is 12.5. The Kier molecular flexibility index (Phi) is 3.33. The van der Waals surface area contributed by atoms with Gasteiger partial charge in [-0.15, -0.1) is 0 Å². The van der Waals surface area contributed by atoms with Crippen molar-refractivity contribution in [2.45, 2.75) is 33.7 Å². The molecule has 2 heterocycles. The van der Waals surface area contributed by atoms with Gasteiger partial charge in [-0.2, -0.15) is 10.2 Å². The van der Waals surface area contributed by atoms with Crippen molar-refractivity contribution >= 4 is 10.9 Å². The van der Waals surface area contributed by atoms with Gasteiger partial charge in [-0.3, -0.25) is 4.79 Å². The molecule has 3 aromatic rings. The quantitative estimate of drug-likeness (QED) is 0.742. The summed E-state index contributed by atoms with van der Waals surface area (Å²) in [7, 11) is 0. The van der Waals surface area contributed by atoms with Crippen LogP contribution in [0.2, 0.25) is 0 Å². The molecule has 0 fully saturated rings. The Balaban J connectivity index is 2.33. The molecular formula is C16H18N4O. The van der Waals surface area contributed by atoms with Crippen LogP contribution in [0.3, 0.4) is 0 Å². The molecule has 0 spiro atoms. The van der Waals surface area contributed by atoms with E-state index in [-0.39, 0.29) is 5.56 Å². The molecule has 0 amide bonds. The summed E-state index contributed by atoms with van der Waals surface area (Å²) in [5.41, 5.74) is 3.23. The van der Waals surface area contributed by atoms with Crippen LogP contribution in [0.25, 0.3) is 16.6 Å². The van der Waals surface area contributed by atoms with Gasteiger partial charge >= 0.3 is 0 Å². The Morgan fingerprint density at radius 3 is 2.48 bits per heavy atom. The number of aryl methyl sites for hydroxylation is 3. The molecule has 108 valence electrons. The van der Waals surface area contributed by atoms with E-state index in [2.05, 4.69) is 10.2 Å². The summed E-state index contributed by atoms with van der Waals surface area (Å²) in [5, 5.41) is 9.62. The lowest BCUT2D eigenvalue weighted by Gasteiger charge is -2.04. The van der Waals surface area contributed by atoms with Gasteiger partial charge in [0, 0.05) is 6.54 Å². The largest absolute Gasteiger partial charge is 0.278 e. The van der Waals surface area contributed by atoms with Gasteiger partial charge in [0.15, 0.2) is 0 Å². The lowest BCUT2D eigenvalue weighted by atomic mass is 10.2. The second-order valence-electron chi connectivity index (χ2n) is 5.17. The average molecular weight is 282 g/mol. The Bertz CT molecular complexity index is 846. The number of rotatable bonds is 3. The minimum absolute atomic E-state index is 0.0582. The molecule has 0 radical (unpaired) electrons. The van der Waals surface area contributed by atoms with Gasteiger partial charge in [0.1, 0.15) is 5.52 Å². The van der Waals surface area contributed by atoms with Crippen molar-refractivity contribution in [3.8, 4) is 5.69 Å². The maximum absolute atomic E-state index is 12.6. The smallest absolute Gasteiger partial charge is 0.267 e. The van der Waals surface area contributed by atoms with Gasteiger partial charge in [-0.05, 0) is 32.4 Å². The van der Waals surface area contributed by atoms with Crippen molar-refractivity contribution in [1.29, 1.82) is 0 Å². The molecule has 0 aliphatic rings. The molecule has 2 aromatic heterocycles. The number of aromatic nitrogens is 4. The van der Waals surface area contributed by atoms with E-state index in [1.165, 1.54) is 0 Å². The normalized spacial score (nSPS) is 11.2. The highest BCUT2D eigenvalue weighted by Crippen LogP contribution is 2.19. The third kappa shape index (κ3) is 2.14. The maximum Gasteiger partial charge on any atom is 0.278 e. The first-order valence-corrected chi connectivity index (χ1v) is 7.16. The van der Waals surface area contributed by atoms with E-state index in [0.717, 1.165) is 23.5 Å². The average Bonchev–Trinajstić information content (AvgIpc) is 2.84. The molecule has 5 heteroatoms. The molecule has 0 aliphatic heterocycles. The summed E-state index contributed by atoms with van der Waals surface area (Å²) >= 11 is 0. The third-order valence-corrected chi connectivity index (χ3v) is 3.61. The highest BCUT2D eigenvalue weighted by Gasteiger charge is 2.16. The summed E-state index contributed by atoms with van der Waals surface area (Å²) in [4.78, 5) is 12.6. The van der Waals surface area contributed by atoms with Gasteiger partial charge in [-0.1, -0.05) is 25.1 Å². The number of hydrogen-bond donors (Lipinski definition) is 0. The Labute approximate surface area is 122 Å². The van der Waals surface area contributed by atoms with Crippen molar-refractivity contribution in [3.63, 3.8) is 0 Å². The molecule has 0 aliphatic carbocycles. The molecule has 1 aromatic carbocycles. The van der Waals surface area contributed by atoms with Crippen molar-refractivity contribution in [2.24, 2.45) is 0 Å². The minimum Gasteiger partial charge on any atom is -0.267 e. The van der Waals surface area contributed by atoms with Gasteiger partial charge in [0.25, 0.3) is 5.56 Å². The predicted octanol–water partition coefficient (Wildman–Crippen LogP) is 2.61. The summed E-state index contributed by atoms with van der Waals surface area (Å²) < 4.78 is 3.36. The fourth-order valence-corrected chi connectivity index (χ4v) is 2.60. The lowest BCUT2D eigenvalue weighted by Crippen LogP contribution is -2.24. The van der Waals surface area contributed by atoms with Crippen LogP contribution in [0.5, 0.6) is 0 Å². The van der Waals surface area contributed by atoms with Crippen LogP contribution >= 0.6 is 0 Å². The van der Waals surface area contributed by atoms with Crippen LogP contribution in [0, 0.1) is 13.8 Å². The summed E-state index contributed by atoms with van der Waals surface area (Å²) in [6, 6.07) is 9.84. The Morgan fingerprint density at radius 1 is 1.10 bits per heavy atom. The number of fused-ring (bicyclic) bond motifs is 1. The number of benzene rings is 1. The number of para-hydroxylation sites is 1. The predicted molar refractivity (Wildman–Crippen MR) is 82.9 cm³/mol. The Hall–Kier alpha value is -2.43. The monoisotopic (exact) mass is 282 g/mol. The van der Waals surface area contributed by atoms with Crippen LogP contribution in [-0.4, -0.2) is 19.6 Å². The fraction of sp³-hybridized carbons (Fsp3) is 0.312. The first-order valence-electron chi connectivity index (χ1n) is 7.16. The number of nitrogens with zero attached hydrogens (tertiary/aromatic N) is 4. The van der Waals surface area contributed by atoms with E-state index in [1.807, 2.05) is 55.8 Å². The van der Waals surface area contributed by atoms with Crippen LogP contribution in [0.1, 0.15) is 24.7 Å². The summed E-state index contributed by atoms with van der Waals surface area (Å²) in [6.07, 6.45) is 0.879. The SMILES string of the molecule is CCCn1nc(C)c2nn(-c3ccccc3)c(C)c2c1=O. The first-order chi connectivity index (χ1) is 10.1.